The van der Waals surface area contributed by atoms with Crippen molar-refractivity contribution in [2.75, 3.05) is 31.6 Å². The highest BCUT2D eigenvalue weighted by Gasteiger charge is 2.18. The normalized spacial score (nSPS) is 14.4. The summed E-state index contributed by atoms with van der Waals surface area (Å²) in [7, 11) is 0. The van der Waals surface area contributed by atoms with Crippen LogP contribution in [0.4, 0.5) is 11.4 Å². The second-order valence-electron chi connectivity index (χ2n) is 7.01. The molecule has 30 heavy (non-hydrogen) atoms. The van der Waals surface area contributed by atoms with E-state index in [-0.39, 0.29) is 17.3 Å². The number of nitrogens with zero attached hydrogens (tertiary/aromatic N) is 2. The minimum atomic E-state index is -0.487. The van der Waals surface area contributed by atoms with Gasteiger partial charge < -0.3 is 10.1 Å². The van der Waals surface area contributed by atoms with Crippen molar-refractivity contribution in [3.8, 4) is 10.4 Å². The SMILES string of the molecule is O=C(Nc1cc(-c2cccs2)ccc1[N+](=O)[O-])c1ccc(CN2CCOCC2)cc1. The van der Waals surface area contributed by atoms with E-state index in [1.54, 1.807) is 24.3 Å². The number of ether oxygens (including phenoxy) is 1. The van der Waals surface area contributed by atoms with Gasteiger partial charge in [0, 0.05) is 36.1 Å². The van der Waals surface area contributed by atoms with Gasteiger partial charge in [-0.2, -0.15) is 0 Å². The lowest BCUT2D eigenvalue weighted by atomic mass is 10.1. The van der Waals surface area contributed by atoms with E-state index < -0.39 is 4.92 Å². The van der Waals surface area contributed by atoms with Crippen LogP contribution in [0.1, 0.15) is 15.9 Å². The molecule has 1 aliphatic rings. The quantitative estimate of drug-likeness (QED) is 0.469. The molecule has 2 heterocycles. The Kier molecular flexibility index (Phi) is 6.18. The zero-order valence-electron chi connectivity index (χ0n) is 16.2. The molecule has 0 unspecified atom stereocenters. The first kappa shape index (κ1) is 20.2. The summed E-state index contributed by atoms with van der Waals surface area (Å²) in [6, 6.07) is 16.0. The molecule has 0 aliphatic carbocycles. The Labute approximate surface area is 178 Å². The maximum absolute atomic E-state index is 12.7. The third-order valence-corrected chi connectivity index (χ3v) is 5.89. The number of hydrogen-bond donors (Lipinski definition) is 1. The molecule has 7 nitrogen and oxygen atoms in total. The molecule has 1 amide bonds. The van der Waals surface area contributed by atoms with Crippen LogP contribution in [-0.4, -0.2) is 42.0 Å². The summed E-state index contributed by atoms with van der Waals surface area (Å²) < 4.78 is 5.36. The maximum Gasteiger partial charge on any atom is 0.292 e. The molecule has 1 saturated heterocycles. The van der Waals surface area contributed by atoms with E-state index in [4.69, 9.17) is 4.74 Å². The molecule has 1 aliphatic heterocycles. The van der Waals surface area contributed by atoms with Gasteiger partial charge in [0.25, 0.3) is 11.6 Å². The first-order valence-electron chi connectivity index (χ1n) is 9.63. The van der Waals surface area contributed by atoms with Crippen LogP contribution in [0.25, 0.3) is 10.4 Å². The standard InChI is InChI=1S/C22H21N3O4S/c26-22(17-5-3-16(4-6-17)15-24-9-11-29-12-10-24)23-19-14-18(21-2-1-13-30-21)7-8-20(19)25(27)28/h1-8,13-14H,9-12,15H2,(H,23,26). The molecule has 0 atom stereocenters. The van der Waals surface area contributed by atoms with Crippen LogP contribution in [-0.2, 0) is 11.3 Å². The van der Waals surface area contributed by atoms with Gasteiger partial charge >= 0.3 is 0 Å². The van der Waals surface area contributed by atoms with Gasteiger partial charge in [0.15, 0.2) is 0 Å². The lowest BCUT2D eigenvalue weighted by Crippen LogP contribution is -2.35. The fourth-order valence-electron chi connectivity index (χ4n) is 3.36. The van der Waals surface area contributed by atoms with E-state index in [1.807, 2.05) is 29.6 Å². The van der Waals surface area contributed by atoms with Gasteiger partial charge in [-0.25, -0.2) is 0 Å². The molecule has 1 fully saturated rings. The molecular weight excluding hydrogens is 402 g/mol. The van der Waals surface area contributed by atoms with Gasteiger partial charge in [0.1, 0.15) is 5.69 Å². The fraction of sp³-hybridized carbons (Fsp3) is 0.227. The molecule has 154 valence electrons. The second kappa shape index (κ2) is 9.17. The lowest BCUT2D eigenvalue weighted by Gasteiger charge is -2.26. The maximum atomic E-state index is 12.7. The van der Waals surface area contributed by atoms with Crippen LogP contribution in [0.2, 0.25) is 0 Å². The zero-order valence-corrected chi connectivity index (χ0v) is 17.1. The molecule has 2 aromatic carbocycles. The number of nitrogens with one attached hydrogen (secondary N) is 1. The summed E-state index contributed by atoms with van der Waals surface area (Å²) >= 11 is 1.54. The monoisotopic (exact) mass is 423 g/mol. The molecule has 0 bridgehead atoms. The van der Waals surface area contributed by atoms with Crippen LogP contribution in [0.3, 0.4) is 0 Å². The summed E-state index contributed by atoms with van der Waals surface area (Å²) in [5.41, 5.74) is 2.45. The average molecular weight is 423 g/mol. The summed E-state index contributed by atoms with van der Waals surface area (Å²) in [5, 5.41) is 16.1. The van der Waals surface area contributed by atoms with Crippen molar-refractivity contribution in [2.45, 2.75) is 6.54 Å². The topological polar surface area (TPSA) is 84.7 Å². The Bertz CT molecular complexity index is 1030. The number of nitro groups is 1. The Morgan fingerprint density at radius 3 is 2.57 bits per heavy atom. The van der Waals surface area contributed by atoms with Gasteiger partial charge in [-0.05, 0) is 46.8 Å². The highest BCUT2D eigenvalue weighted by molar-refractivity contribution is 7.13. The number of benzene rings is 2. The number of anilines is 1. The summed E-state index contributed by atoms with van der Waals surface area (Å²) in [6.07, 6.45) is 0. The molecule has 3 aromatic rings. The van der Waals surface area contributed by atoms with Gasteiger partial charge in [0.05, 0.1) is 18.1 Å². The third-order valence-electron chi connectivity index (χ3n) is 4.97. The van der Waals surface area contributed by atoms with E-state index in [1.165, 1.54) is 17.4 Å². The van der Waals surface area contributed by atoms with E-state index in [9.17, 15) is 14.9 Å². The number of carbonyl (C=O) groups is 1. The Balaban J connectivity index is 1.50. The van der Waals surface area contributed by atoms with Crippen molar-refractivity contribution in [3.05, 3.63) is 81.2 Å². The zero-order chi connectivity index (χ0) is 20.9. The van der Waals surface area contributed by atoms with Crippen molar-refractivity contribution in [1.82, 2.24) is 4.90 Å². The minimum absolute atomic E-state index is 0.132. The van der Waals surface area contributed by atoms with Crippen LogP contribution in [0.15, 0.2) is 60.0 Å². The van der Waals surface area contributed by atoms with Gasteiger partial charge in [0.2, 0.25) is 0 Å². The van der Waals surface area contributed by atoms with Gasteiger partial charge in [-0.3, -0.25) is 19.8 Å². The van der Waals surface area contributed by atoms with E-state index in [2.05, 4.69) is 10.2 Å². The molecule has 0 radical (unpaired) electrons. The molecule has 0 spiro atoms. The number of nitro benzene ring substituents is 1. The molecule has 1 N–H and O–H groups in total. The Morgan fingerprint density at radius 1 is 1.13 bits per heavy atom. The molecule has 4 rings (SSSR count). The number of rotatable bonds is 6. The molecular formula is C22H21N3O4S. The van der Waals surface area contributed by atoms with Crippen molar-refractivity contribution in [2.24, 2.45) is 0 Å². The largest absolute Gasteiger partial charge is 0.379 e. The van der Waals surface area contributed by atoms with E-state index in [0.717, 1.165) is 48.9 Å². The minimum Gasteiger partial charge on any atom is -0.379 e. The number of thiophene rings is 1. The van der Waals surface area contributed by atoms with E-state index >= 15 is 0 Å². The average Bonchev–Trinajstić information content (AvgIpc) is 3.30. The number of hydrogen-bond acceptors (Lipinski definition) is 6. The van der Waals surface area contributed by atoms with Crippen LogP contribution in [0, 0.1) is 10.1 Å². The summed E-state index contributed by atoms with van der Waals surface area (Å²) in [4.78, 5) is 26.9. The lowest BCUT2D eigenvalue weighted by molar-refractivity contribution is -0.383. The third kappa shape index (κ3) is 4.73. The fourth-order valence-corrected chi connectivity index (χ4v) is 4.09. The van der Waals surface area contributed by atoms with Crippen molar-refractivity contribution >= 4 is 28.6 Å². The second-order valence-corrected chi connectivity index (χ2v) is 7.95. The van der Waals surface area contributed by atoms with Gasteiger partial charge in [-0.1, -0.05) is 18.2 Å². The van der Waals surface area contributed by atoms with Crippen molar-refractivity contribution < 1.29 is 14.5 Å². The van der Waals surface area contributed by atoms with Crippen molar-refractivity contribution in [1.29, 1.82) is 0 Å². The number of amides is 1. The smallest absolute Gasteiger partial charge is 0.292 e. The molecule has 0 saturated carbocycles. The first-order valence-corrected chi connectivity index (χ1v) is 10.5. The Hall–Kier alpha value is -3.07. The number of carbonyl (C=O) groups excluding carboxylic acids is 1. The van der Waals surface area contributed by atoms with Crippen LogP contribution in [0.5, 0.6) is 0 Å². The predicted molar refractivity (Wildman–Crippen MR) is 117 cm³/mol. The van der Waals surface area contributed by atoms with Crippen molar-refractivity contribution in [3.63, 3.8) is 0 Å². The summed E-state index contributed by atoms with van der Waals surface area (Å²) in [5.74, 6) is -0.376. The summed E-state index contributed by atoms with van der Waals surface area (Å²) in [6.45, 7) is 4.08. The Morgan fingerprint density at radius 2 is 1.90 bits per heavy atom. The predicted octanol–water partition coefficient (Wildman–Crippen LogP) is 4.41. The molecule has 1 aromatic heterocycles. The highest BCUT2D eigenvalue weighted by atomic mass is 32.1. The van der Waals surface area contributed by atoms with Crippen LogP contribution < -0.4 is 5.32 Å². The van der Waals surface area contributed by atoms with E-state index in [0.29, 0.717) is 5.56 Å². The van der Waals surface area contributed by atoms with Crippen LogP contribution >= 0.6 is 11.3 Å². The van der Waals surface area contributed by atoms with Gasteiger partial charge in [-0.15, -0.1) is 11.3 Å². The molecule has 8 heteroatoms. The highest BCUT2D eigenvalue weighted by Crippen LogP contribution is 2.33. The number of morpholine rings is 1. The first-order chi connectivity index (χ1) is 14.6.